The van der Waals surface area contributed by atoms with Crippen molar-refractivity contribution >= 4 is 5.91 Å². The van der Waals surface area contributed by atoms with E-state index < -0.39 is 30.2 Å². The molecule has 0 radical (unpaired) electrons. The lowest BCUT2D eigenvalue weighted by Gasteiger charge is -2.29. The maximum atomic E-state index is 13.7. The number of carbonyl (C=O) groups excluding carboxylic acids is 1. The van der Waals surface area contributed by atoms with Gasteiger partial charge < -0.3 is 9.64 Å². The number of hydrogen-bond acceptors (Lipinski definition) is 2. The van der Waals surface area contributed by atoms with E-state index in [0.717, 1.165) is 23.3 Å². The van der Waals surface area contributed by atoms with Crippen molar-refractivity contribution in [1.82, 2.24) is 4.90 Å². The van der Waals surface area contributed by atoms with E-state index in [2.05, 4.69) is 0 Å². The first-order valence-corrected chi connectivity index (χ1v) is 8.59. The van der Waals surface area contributed by atoms with Crippen LogP contribution in [0.15, 0.2) is 72.8 Å². The maximum absolute atomic E-state index is 13.7. The van der Waals surface area contributed by atoms with Crippen LogP contribution in [0.2, 0.25) is 0 Å². The first kappa shape index (κ1) is 19.5. The fraction of sp³-hybridized carbons (Fsp3) is 0.136. The van der Waals surface area contributed by atoms with E-state index in [0.29, 0.717) is 6.07 Å². The van der Waals surface area contributed by atoms with Crippen molar-refractivity contribution in [3.63, 3.8) is 0 Å². The van der Waals surface area contributed by atoms with Crippen LogP contribution in [0, 0.1) is 17.5 Å². The van der Waals surface area contributed by atoms with Gasteiger partial charge in [0, 0.05) is 13.1 Å². The van der Waals surface area contributed by atoms with Crippen LogP contribution >= 0.6 is 0 Å². The normalized spacial score (nSPS) is 11.7. The zero-order valence-corrected chi connectivity index (χ0v) is 15.1. The lowest BCUT2D eigenvalue weighted by atomic mass is 9.97. The second-order valence-electron chi connectivity index (χ2n) is 6.23. The molecule has 1 atom stereocenters. The highest BCUT2D eigenvalue weighted by Gasteiger charge is 2.24. The predicted octanol–water partition coefficient (Wildman–Crippen LogP) is 4.73. The van der Waals surface area contributed by atoms with E-state index in [1.165, 1.54) is 17.0 Å². The Labute approximate surface area is 161 Å². The summed E-state index contributed by atoms with van der Waals surface area (Å²) in [6, 6.07) is 17.5. The summed E-state index contributed by atoms with van der Waals surface area (Å²) >= 11 is 0. The fourth-order valence-electron chi connectivity index (χ4n) is 2.90. The Bertz CT molecular complexity index is 946. The second-order valence-corrected chi connectivity index (χ2v) is 6.23. The number of hydrogen-bond donors (Lipinski definition) is 0. The summed E-state index contributed by atoms with van der Waals surface area (Å²) in [5.74, 6) is -2.61. The van der Waals surface area contributed by atoms with Crippen molar-refractivity contribution in [2.45, 2.75) is 6.04 Å². The average Bonchev–Trinajstić information content (AvgIpc) is 2.69. The monoisotopic (exact) mass is 385 g/mol. The third kappa shape index (κ3) is 4.52. The summed E-state index contributed by atoms with van der Waals surface area (Å²) in [4.78, 5) is 14.1. The van der Waals surface area contributed by atoms with Gasteiger partial charge in [-0.05, 0) is 35.4 Å². The van der Waals surface area contributed by atoms with E-state index >= 15 is 0 Å². The fourth-order valence-corrected chi connectivity index (χ4v) is 2.90. The number of rotatable bonds is 6. The van der Waals surface area contributed by atoms with E-state index in [4.69, 9.17) is 4.74 Å². The van der Waals surface area contributed by atoms with Crippen molar-refractivity contribution in [1.29, 1.82) is 0 Å². The van der Waals surface area contributed by atoms with E-state index in [1.54, 1.807) is 19.2 Å². The zero-order chi connectivity index (χ0) is 20.1. The predicted molar refractivity (Wildman–Crippen MR) is 99.3 cm³/mol. The summed E-state index contributed by atoms with van der Waals surface area (Å²) in [5.41, 5.74) is 1.55. The smallest absolute Gasteiger partial charge is 0.261 e. The van der Waals surface area contributed by atoms with Gasteiger partial charge in [0.25, 0.3) is 5.91 Å². The molecule has 144 valence electrons. The molecule has 1 unspecified atom stereocenters. The minimum absolute atomic E-state index is 0.207. The Morgan fingerprint density at radius 2 is 1.50 bits per heavy atom. The third-order valence-corrected chi connectivity index (χ3v) is 4.33. The molecule has 3 aromatic carbocycles. The number of nitrogens with zero attached hydrogens (tertiary/aromatic N) is 1. The molecular formula is C22H18F3NO2. The van der Waals surface area contributed by atoms with Gasteiger partial charge in [-0.2, -0.15) is 0 Å². The molecule has 1 amide bonds. The van der Waals surface area contributed by atoms with E-state index in [9.17, 15) is 18.0 Å². The van der Waals surface area contributed by atoms with Crippen LogP contribution in [0.3, 0.4) is 0 Å². The Hall–Kier alpha value is -3.28. The standard InChI is InChI=1S/C22H18F3NO2/c1-26(21(27)14-28-20-12-11-18(24)13-19(20)25)22(15-5-3-2-4-6-15)16-7-9-17(23)10-8-16/h2-13,22H,14H2,1H3. The largest absolute Gasteiger partial charge is 0.481 e. The zero-order valence-electron chi connectivity index (χ0n) is 15.1. The number of ether oxygens (including phenoxy) is 1. The molecule has 0 fully saturated rings. The number of halogens is 3. The molecular weight excluding hydrogens is 367 g/mol. The van der Waals surface area contributed by atoms with Crippen LogP contribution in [0.25, 0.3) is 0 Å². The van der Waals surface area contributed by atoms with Crippen molar-refractivity contribution in [2.24, 2.45) is 0 Å². The van der Waals surface area contributed by atoms with Gasteiger partial charge in [-0.1, -0.05) is 42.5 Å². The summed E-state index contributed by atoms with van der Waals surface area (Å²) in [6.45, 7) is -0.427. The summed E-state index contributed by atoms with van der Waals surface area (Å²) in [5, 5.41) is 0. The van der Waals surface area contributed by atoms with Crippen molar-refractivity contribution in [3.05, 3.63) is 101 Å². The highest BCUT2D eigenvalue weighted by Crippen LogP contribution is 2.28. The molecule has 0 aromatic heterocycles. The average molecular weight is 385 g/mol. The molecule has 0 saturated heterocycles. The number of carbonyl (C=O) groups is 1. The maximum Gasteiger partial charge on any atom is 0.261 e. The molecule has 3 rings (SSSR count). The number of benzene rings is 3. The van der Waals surface area contributed by atoms with Crippen LogP contribution in [-0.2, 0) is 4.79 Å². The van der Waals surface area contributed by atoms with Gasteiger partial charge in [-0.25, -0.2) is 13.2 Å². The molecule has 0 aliphatic carbocycles. The molecule has 0 aliphatic heterocycles. The summed E-state index contributed by atoms with van der Waals surface area (Å²) in [7, 11) is 1.59. The molecule has 0 aliphatic rings. The molecule has 0 N–H and O–H groups in total. The molecule has 3 nitrogen and oxygen atoms in total. The molecule has 0 saturated carbocycles. The van der Waals surface area contributed by atoms with Gasteiger partial charge in [0.15, 0.2) is 18.2 Å². The van der Waals surface area contributed by atoms with Crippen molar-refractivity contribution in [3.8, 4) is 5.75 Å². The lowest BCUT2D eigenvalue weighted by molar-refractivity contribution is -0.133. The Kier molecular flexibility index (Phi) is 5.99. The van der Waals surface area contributed by atoms with Crippen LogP contribution in [0.1, 0.15) is 17.2 Å². The highest BCUT2D eigenvalue weighted by atomic mass is 19.1. The SMILES string of the molecule is CN(C(=O)COc1ccc(F)cc1F)C(c1ccccc1)c1ccc(F)cc1. The Balaban J connectivity index is 1.81. The van der Waals surface area contributed by atoms with Gasteiger partial charge in [-0.15, -0.1) is 0 Å². The minimum Gasteiger partial charge on any atom is -0.481 e. The van der Waals surface area contributed by atoms with Gasteiger partial charge in [0.05, 0.1) is 6.04 Å². The molecule has 28 heavy (non-hydrogen) atoms. The van der Waals surface area contributed by atoms with Crippen LogP contribution in [-0.4, -0.2) is 24.5 Å². The Morgan fingerprint density at radius 3 is 2.14 bits per heavy atom. The second kappa shape index (κ2) is 8.61. The first-order valence-electron chi connectivity index (χ1n) is 8.59. The molecule has 3 aromatic rings. The highest BCUT2D eigenvalue weighted by molar-refractivity contribution is 5.78. The third-order valence-electron chi connectivity index (χ3n) is 4.33. The van der Waals surface area contributed by atoms with Gasteiger partial charge in [0.1, 0.15) is 11.6 Å². The molecule has 6 heteroatoms. The van der Waals surface area contributed by atoms with Crippen LogP contribution in [0.5, 0.6) is 5.75 Å². The molecule has 0 bridgehead atoms. The molecule has 0 spiro atoms. The molecule has 0 heterocycles. The van der Waals surface area contributed by atoms with E-state index in [-0.39, 0.29) is 11.6 Å². The van der Waals surface area contributed by atoms with Gasteiger partial charge in [0.2, 0.25) is 0 Å². The van der Waals surface area contributed by atoms with Crippen molar-refractivity contribution < 1.29 is 22.7 Å². The van der Waals surface area contributed by atoms with Gasteiger partial charge in [-0.3, -0.25) is 4.79 Å². The van der Waals surface area contributed by atoms with E-state index in [1.807, 2.05) is 30.3 Å². The van der Waals surface area contributed by atoms with Crippen molar-refractivity contribution in [2.75, 3.05) is 13.7 Å². The quantitative estimate of drug-likeness (QED) is 0.614. The Morgan fingerprint density at radius 1 is 0.893 bits per heavy atom. The number of likely N-dealkylation sites (N-methyl/N-ethyl adjacent to an activating group) is 1. The van der Waals surface area contributed by atoms with Gasteiger partial charge >= 0.3 is 0 Å². The van der Waals surface area contributed by atoms with Crippen LogP contribution in [0.4, 0.5) is 13.2 Å². The topological polar surface area (TPSA) is 29.5 Å². The first-order chi connectivity index (χ1) is 13.5. The van der Waals surface area contributed by atoms with Crippen LogP contribution < -0.4 is 4.74 Å². The summed E-state index contributed by atoms with van der Waals surface area (Å²) in [6.07, 6.45) is 0. The summed E-state index contributed by atoms with van der Waals surface area (Å²) < 4.78 is 45.2. The minimum atomic E-state index is -0.881. The lowest BCUT2D eigenvalue weighted by Crippen LogP contribution is -2.35. The number of amides is 1.